The predicted molar refractivity (Wildman–Crippen MR) is 123 cm³/mol. The number of nitrogens with zero attached hydrogens (tertiary/aromatic N) is 3. The summed E-state index contributed by atoms with van der Waals surface area (Å²) >= 11 is 1.44. The van der Waals surface area contributed by atoms with Crippen molar-refractivity contribution in [3.8, 4) is 11.3 Å². The van der Waals surface area contributed by atoms with E-state index >= 15 is 0 Å². The number of rotatable bonds is 7. The molecule has 0 saturated carbocycles. The van der Waals surface area contributed by atoms with Crippen molar-refractivity contribution in [2.75, 3.05) is 18.5 Å². The fourth-order valence-corrected chi connectivity index (χ4v) is 5.37. The van der Waals surface area contributed by atoms with Crippen LogP contribution in [-0.2, 0) is 10.0 Å². The van der Waals surface area contributed by atoms with Gasteiger partial charge in [0.25, 0.3) is 0 Å². The molecule has 6 nitrogen and oxygen atoms in total. The largest absolute Gasteiger partial charge is 0.253 e. The lowest BCUT2D eigenvalue weighted by Crippen LogP contribution is -2.27. The molecular formula is C22H22N4O2S2. The highest BCUT2D eigenvalue weighted by Gasteiger charge is 2.26. The maximum absolute atomic E-state index is 12.6. The molecule has 0 radical (unpaired) electrons. The van der Waals surface area contributed by atoms with Gasteiger partial charge in [-0.25, -0.2) is 13.4 Å². The molecule has 0 aliphatic carbocycles. The van der Waals surface area contributed by atoms with E-state index in [0.29, 0.717) is 23.1 Å². The summed E-state index contributed by atoms with van der Waals surface area (Å²) in [5.41, 5.74) is 5.67. The molecule has 1 saturated heterocycles. The number of thiazole rings is 1. The Labute approximate surface area is 180 Å². The maximum Gasteiger partial charge on any atom is 0.243 e. The highest BCUT2D eigenvalue weighted by molar-refractivity contribution is 7.89. The first-order valence-electron chi connectivity index (χ1n) is 9.70. The van der Waals surface area contributed by atoms with Crippen LogP contribution >= 0.6 is 11.3 Å². The minimum Gasteiger partial charge on any atom is -0.253 e. The summed E-state index contributed by atoms with van der Waals surface area (Å²) in [6.07, 6.45) is 7.35. The average molecular weight is 439 g/mol. The third kappa shape index (κ3) is 4.84. The van der Waals surface area contributed by atoms with Gasteiger partial charge in [0.2, 0.25) is 15.2 Å². The zero-order chi connectivity index (χ0) is 20.8. The number of benzene rings is 2. The molecule has 3 aromatic rings. The Balaban J connectivity index is 1.38. The molecule has 1 aliphatic rings. The van der Waals surface area contributed by atoms with Crippen LogP contribution in [0.1, 0.15) is 18.4 Å². The van der Waals surface area contributed by atoms with E-state index in [2.05, 4.69) is 15.5 Å². The van der Waals surface area contributed by atoms with Gasteiger partial charge < -0.3 is 0 Å². The highest BCUT2D eigenvalue weighted by atomic mass is 32.2. The van der Waals surface area contributed by atoms with Crippen molar-refractivity contribution in [2.24, 2.45) is 5.10 Å². The molecule has 30 heavy (non-hydrogen) atoms. The number of sulfonamides is 1. The second-order valence-corrected chi connectivity index (χ2v) is 9.63. The van der Waals surface area contributed by atoms with Gasteiger partial charge in [0.1, 0.15) is 0 Å². The topological polar surface area (TPSA) is 74.7 Å². The van der Waals surface area contributed by atoms with E-state index in [1.165, 1.54) is 11.3 Å². The molecule has 4 rings (SSSR count). The Morgan fingerprint density at radius 2 is 1.77 bits per heavy atom. The van der Waals surface area contributed by atoms with Crippen LogP contribution in [0.3, 0.4) is 0 Å². The van der Waals surface area contributed by atoms with Crippen molar-refractivity contribution in [3.05, 3.63) is 71.6 Å². The first-order chi connectivity index (χ1) is 14.6. The molecule has 0 atom stereocenters. The van der Waals surface area contributed by atoms with Crippen LogP contribution < -0.4 is 5.43 Å². The van der Waals surface area contributed by atoms with Crippen molar-refractivity contribution in [2.45, 2.75) is 17.7 Å². The van der Waals surface area contributed by atoms with E-state index < -0.39 is 10.0 Å². The van der Waals surface area contributed by atoms with E-state index in [1.54, 1.807) is 34.8 Å². The number of aromatic nitrogens is 1. The zero-order valence-corrected chi connectivity index (χ0v) is 17.9. The average Bonchev–Trinajstić information content (AvgIpc) is 3.47. The second kappa shape index (κ2) is 9.34. The molecule has 8 heteroatoms. The Morgan fingerprint density at radius 3 is 2.50 bits per heavy atom. The van der Waals surface area contributed by atoms with Crippen LogP contribution in [0.5, 0.6) is 0 Å². The second-order valence-electron chi connectivity index (χ2n) is 6.83. The van der Waals surface area contributed by atoms with Crippen LogP contribution in [0.2, 0.25) is 0 Å². The Hall–Kier alpha value is -2.81. The van der Waals surface area contributed by atoms with Gasteiger partial charge >= 0.3 is 0 Å². The summed E-state index contributed by atoms with van der Waals surface area (Å²) in [6.45, 7) is 1.21. The van der Waals surface area contributed by atoms with Crippen LogP contribution in [0, 0.1) is 0 Å². The quantitative estimate of drug-likeness (QED) is 0.428. The molecule has 1 aromatic heterocycles. The Kier molecular flexibility index (Phi) is 6.37. The normalized spacial score (nSPS) is 15.3. The summed E-state index contributed by atoms with van der Waals surface area (Å²) < 4.78 is 26.8. The van der Waals surface area contributed by atoms with Crippen molar-refractivity contribution in [1.29, 1.82) is 0 Å². The maximum atomic E-state index is 12.6. The van der Waals surface area contributed by atoms with Gasteiger partial charge in [-0.1, -0.05) is 48.5 Å². The zero-order valence-electron chi connectivity index (χ0n) is 16.3. The SMILES string of the molecule is O=S(=O)(c1ccc(-c2csc(N/N=C/C=C/c3ccccc3)n2)cc1)N1CCCC1. The summed E-state index contributed by atoms with van der Waals surface area (Å²) in [5.74, 6) is 0. The molecule has 0 spiro atoms. The molecule has 0 amide bonds. The Morgan fingerprint density at radius 1 is 1.03 bits per heavy atom. The number of allylic oxidation sites excluding steroid dienone is 1. The highest BCUT2D eigenvalue weighted by Crippen LogP contribution is 2.27. The molecule has 1 fully saturated rings. The minimum atomic E-state index is -3.39. The molecule has 2 heterocycles. The lowest BCUT2D eigenvalue weighted by atomic mass is 10.2. The van der Waals surface area contributed by atoms with E-state index in [-0.39, 0.29) is 0 Å². The number of anilines is 1. The van der Waals surface area contributed by atoms with Crippen LogP contribution in [-0.4, -0.2) is 37.0 Å². The predicted octanol–water partition coefficient (Wildman–Crippen LogP) is 4.71. The van der Waals surface area contributed by atoms with Crippen molar-refractivity contribution in [3.63, 3.8) is 0 Å². The van der Waals surface area contributed by atoms with E-state index in [1.807, 2.05) is 47.9 Å². The molecule has 154 valence electrons. The third-order valence-electron chi connectivity index (χ3n) is 4.77. The molecule has 2 aromatic carbocycles. The van der Waals surface area contributed by atoms with Crippen LogP contribution in [0.15, 0.2) is 76.1 Å². The van der Waals surface area contributed by atoms with Gasteiger partial charge in [0, 0.05) is 30.2 Å². The molecule has 0 bridgehead atoms. The lowest BCUT2D eigenvalue weighted by molar-refractivity contribution is 0.477. The van der Waals surface area contributed by atoms with Crippen molar-refractivity contribution >= 4 is 38.8 Å². The van der Waals surface area contributed by atoms with Gasteiger partial charge in [0.15, 0.2) is 0 Å². The van der Waals surface area contributed by atoms with Gasteiger partial charge in [0.05, 0.1) is 10.6 Å². The monoisotopic (exact) mass is 438 g/mol. The van der Waals surface area contributed by atoms with Crippen LogP contribution in [0.25, 0.3) is 17.3 Å². The first kappa shape index (κ1) is 20.5. The van der Waals surface area contributed by atoms with E-state index in [4.69, 9.17) is 0 Å². The van der Waals surface area contributed by atoms with Crippen molar-refractivity contribution < 1.29 is 8.42 Å². The number of nitrogens with one attached hydrogen (secondary N) is 1. The molecule has 0 unspecified atom stereocenters. The number of hydrogen-bond donors (Lipinski definition) is 1. The van der Waals surface area contributed by atoms with E-state index in [0.717, 1.165) is 29.7 Å². The smallest absolute Gasteiger partial charge is 0.243 e. The standard InChI is InChI=1S/C22H22N4O2S2/c27-30(28,26-15-4-5-16-26)20-12-10-19(11-13-20)21-17-29-22(24-21)25-23-14-6-9-18-7-2-1-3-8-18/h1-3,6-14,17H,4-5,15-16H2,(H,24,25)/b9-6+,23-14+. The summed E-state index contributed by atoms with van der Waals surface area (Å²) in [7, 11) is -3.39. The van der Waals surface area contributed by atoms with Gasteiger partial charge in [-0.2, -0.15) is 9.41 Å². The molecule has 1 aliphatic heterocycles. The fraction of sp³-hybridized carbons (Fsp3) is 0.182. The first-order valence-corrected chi connectivity index (χ1v) is 12.0. The van der Waals surface area contributed by atoms with Gasteiger partial charge in [-0.05, 0) is 36.6 Å². The minimum absolute atomic E-state index is 0.330. The fourth-order valence-electron chi connectivity index (χ4n) is 3.19. The summed E-state index contributed by atoms with van der Waals surface area (Å²) in [6, 6.07) is 16.9. The molecular weight excluding hydrogens is 416 g/mol. The lowest BCUT2D eigenvalue weighted by Gasteiger charge is -2.15. The van der Waals surface area contributed by atoms with Crippen molar-refractivity contribution in [1.82, 2.24) is 9.29 Å². The van der Waals surface area contributed by atoms with Gasteiger partial charge in [-0.3, -0.25) is 5.43 Å². The summed E-state index contributed by atoms with van der Waals surface area (Å²) in [5, 5.41) is 6.74. The van der Waals surface area contributed by atoms with E-state index in [9.17, 15) is 8.42 Å². The van der Waals surface area contributed by atoms with Gasteiger partial charge in [-0.15, -0.1) is 11.3 Å². The Bertz CT molecular complexity index is 1130. The summed E-state index contributed by atoms with van der Waals surface area (Å²) in [4.78, 5) is 4.85. The van der Waals surface area contributed by atoms with Crippen LogP contribution in [0.4, 0.5) is 5.13 Å². The third-order valence-corrected chi connectivity index (χ3v) is 7.43. The number of hydrazone groups is 1. The number of hydrogen-bond acceptors (Lipinski definition) is 6. The molecule has 1 N–H and O–H groups in total.